The number of benzene rings is 2. The van der Waals surface area contributed by atoms with Gasteiger partial charge in [0.1, 0.15) is 18.2 Å². The third kappa shape index (κ3) is 5.80. The van der Waals surface area contributed by atoms with Crippen molar-refractivity contribution >= 4 is 5.91 Å². The summed E-state index contributed by atoms with van der Waals surface area (Å²) in [6, 6.07) is 14.6. The standard InChI is InChI=1S/C29H37FN2O2/c30-26-9-5-8-25(20-26)28(33)32-16-14-29(15-17-32)13-4-3-7-24-6-1-2-10-27(24)34-19-18-31(22-29)21-23-11-12-23/h1-2,5-6,8-10,20,23H,3-4,7,11-19,21-22H2. The number of nitrogens with zero attached hydrogens (tertiary/aromatic N) is 2. The first kappa shape index (κ1) is 23.3. The van der Waals surface area contributed by atoms with Crippen molar-refractivity contribution in [3.05, 3.63) is 65.5 Å². The Kier molecular flexibility index (Phi) is 7.19. The Morgan fingerprint density at radius 1 is 1.00 bits per heavy atom. The van der Waals surface area contributed by atoms with Crippen molar-refractivity contribution in [1.29, 1.82) is 0 Å². The molecule has 0 bridgehead atoms. The molecule has 1 spiro atoms. The van der Waals surface area contributed by atoms with Crippen molar-refractivity contribution in [2.45, 2.75) is 51.4 Å². The molecule has 182 valence electrons. The van der Waals surface area contributed by atoms with E-state index in [4.69, 9.17) is 4.74 Å². The van der Waals surface area contributed by atoms with Crippen LogP contribution >= 0.6 is 0 Å². The number of likely N-dealkylation sites (tertiary alicyclic amines) is 1. The SMILES string of the molecule is O=C(c1cccc(F)c1)N1CCC2(CCCCc3ccccc3OCCN(CC3CC3)C2)CC1. The van der Waals surface area contributed by atoms with Gasteiger partial charge in [0.2, 0.25) is 0 Å². The highest BCUT2D eigenvalue weighted by molar-refractivity contribution is 5.94. The minimum Gasteiger partial charge on any atom is -0.492 e. The predicted molar refractivity (Wildman–Crippen MR) is 133 cm³/mol. The van der Waals surface area contributed by atoms with Crippen LogP contribution in [0.1, 0.15) is 60.9 Å². The van der Waals surface area contributed by atoms with E-state index in [1.807, 2.05) is 4.90 Å². The topological polar surface area (TPSA) is 32.8 Å². The minimum absolute atomic E-state index is 0.0395. The molecule has 4 nitrogen and oxygen atoms in total. The summed E-state index contributed by atoms with van der Waals surface area (Å²) in [6.45, 7) is 5.45. The summed E-state index contributed by atoms with van der Waals surface area (Å²) in [5.74, 6) is 1.50. The van der Waals surface area contributed by atoms with Crippen molar-refractivity contribution in [2.75, 3.05) is 39.3 Å². The Morgan fingerprint density at radius 2 is 1.82 bits per heavy atom. The van der Waals surface area contributed by atoms with Gasteiger partial charge < -0.3 is 9.64 Å². The van der Waals surface area contributed by atoms with Gasteiger partial charge in [-0.2, -0.15) is 0 Å². The molecule has 1 saturated carbocycles. The van der Waals surface area contributed by atoms with Crippen LogP contribution in [0.15, 0.2) is 48.5 Å². The van der Waals surface area contributed by atoms with Crippen LogP contribution in [0, 0.1) is 17.2 Å². The molecule has 5 rings (SSSR count). The normalized spacial score (nSPS) is 21.7. The number of halogens is 1. The van der Waals surface area contributed by atoms with E-state index in [1.54, 1.807) is 12.1 Å². The number of para-hydroxylation sites is 1. The van der Waals surface area contributed by atoms with E-state index < -0.39 is 0 Å². The molecule has 2 aromatic carbocycles. The van der Waals surface area contributed by atoms with Gasteiger partial charge in [-0.15, -0.1) is 0 Å². The Hall–Kier alpha value is -2.40. The fourth-order valence-electron chi connectivity index (χ4n) is 5.80. The van der Waals surface area contributed by atoms with Gasteiger partial charge in [-0.05, 0) is 86.1 Å². The molecule has 1 amide bonds. The monoisotopic (exact) mass is 464 g/mol. The number of aryl methyl sites for hydroxylation is 1. The summed E-state index contributed by atoms with van der Waals surface area (Å²) in [5, 5.41) is 0. The highest BCUT2D eigenvalue weighted by Gasteiger charge is 2.38. The van der Waals surface area contributed by atoms with E-state index in [0.717, 1.165) is 70.1 Å². The largest absolute Gasteiger partial charge is 0.492 e. The first-order valence-electron chi connectivity index (χ1n) is 13.1. The van der Waals surface area contributed by atoms with Gasteiger partial charge in [0.15, 0.2) is 0 Å². The Morgan fingerprint density at radius 3 is 2.62 bits per heavy atom. The Bertz CT molecular complexity index is 982. The first-order chi connectivity index (χ1) is 16.6. The van der Waals surface area contributed by atoms with Crippen LogP contribution in [0.4, 0.5) is 4.39 Å². The maximum absolute atomic E-state index is 13.7. The molecule has 0 atom stereocenters. The van der Waals surface area contributed by atoms with Gasteiger partial charge in [-0.25, -0.2) is 4.39 Å². The van der Waals surface area contributed by atoms with Crippen molar-refractivity contribution < 1.29 is 13.9 Å². The van der Waals surface area contributed by atoms with E-state index in [1.165, 1.54) is 49.9 Å². The maximum atomic E-state index is 13.7. The van der Waals surface area contributed by atoms with Crippen LogP contribution in [0.2, 0.25) is 0 Å². The smallest absolute Gasteiger partial charge is 0.253 e. The van der Waals surface area contributed by atoms with Gasteiger partial charge in [0.05, 0.1) is 0 Å². The van der Waals surface area contributed by atoms with E-state index in [-0.39, 0.29) is 17.1 Å². The van der Waals surface area contributed by atoms with Gasteiger partial charge in [0, 0.05) is 38.3 Å². The lowest BCUT2D eigenvalue weighted by Gasteiger charge is -2.45. The summed E-state index contributed by atoms with van der Waals surface area (Å²) < 4.78 is 19.9. The van der Waals surface area contributed by atoms with E-state index in [2.05, 4.69) is 29.2 Å². The minimum atomic E-state index is -0.349. The molecule has 2 heterocycles. The molecule has 1 saturated heterocycles. The molecule has 34 heavy (non-hydrogen) atoms. The summed E-state index contributed by atoms with van der Waals surface area (Å²) in [4.78, 5) is 17.6. The van der Waals surface area contributed by atoms with Gasteiger partial charge >= 0.3 is 0 Å². The van der Waals surface area contributed by atoms with E-state index in [9.17, 15) is 9.18 Å². The molecular formula is C29H37FN2O2. The zero-order valence-electron chi connectivity index (χ0n) is 20.2. The second-order valence-electron chi connectivity index (χ2n) is 10.6. The van der Waals surface area contributed by atoms with E-state index in [0.29, 0.717) is 5.56 Å². The summed E-state index contributed by atoms with van der Waals surface area (Å²) >= 11 is 0. The van der Waals surface area contributed by atoms with Crippen LogP contribution in [-0.4, -0.2) is 55.0 Å². The molecule has 3 aliphatic rings. The molecule has 1 aliphatic carbocycles. The van der Waals surface area contributed by atoms with Crippen molar-refractivity contribution in [3.63, 3.8) is 0 Å². The molecule has 2 fully saturated rings. The molecule has 2 aromatic rings. The number of carbonyl (C=O) groups excluding carboxylic acids is 1. The van der Waals surface area contributed by atoms with Gasteiger partial charge in [0.25, 0.3) is 5.91 Å². The number of carbonyl (C=O) groups is 1. The van der Waals surface area contributed by atoms with Crippen LogP contribution in [0.25, 0.3) is 0 Å². The second-order valence-corrected chi connectivity index (χ2v) is 10.6. The highest BCUT2D eigenvalue weighted by Crippen LogP contribution is 2.40. The number of hydrogen-bond acceptors (Lipinski definition) is 3. The van der Waals surface area contributed by atoms with Gasteiger partial charge in [-0.3, -0.25) is 9.69 Å². The van der Waals surface area contributed by atoms with Crippen LogP contribution in [-0.2, 0) is 6.42 Å². The lowest BCUT2D eigenvalue weighted by Crippen LogP contribution is -2.49. The summed E-state index contributed by atoms with van der Waals surface area (Å²) in [6.07, 6.45) is 9.37. The Balaban J connectivity index is 1.28. The second kappa shape index (κ2) is 10.5. The Labute approximate surface area is 203 Å². The zero-order valence-corrected chi connectivity index (χ0v) is 20.2. The number of ether oxygens (including phenoxy) is 1. The van der Waals surface area contributed by atoms with Crippen LogP contribution < -0.4 is 4.74 Å². The number of piperidine rings is 1. The zero-order chi connectivity index (χ0) is 23.4. The third-order valence-electron chi connectivity index (χ3n) is 8.00. The van der Waals surface area contributed by atoms with E-state index >= 15 is 0 Å². The van der Waals surface area contributed by atoms with Crippen LogP contribution in [0.5, 0.6) is 5.75 Å². The number of rotatable bonds is 3. The lowest BCUT2D eigenvalue weighted by molar-refractivity contribution is 0.0368. The van der Waals surface area contributed by atoms with Crippen molar-refractivity contribution in [2.24, 2.45) is 11.3 Å². The summed E-state index contributed by atoms with van der Waals surface area (Å²) in [7, 11) is 0. The predicted octanol–water partition coefficient (Wildman–Crippen LogP) is 5.57. The molecule has 5 heteroatoms. The van der Waals surface area contributed by atoms with Crippen LogP contribution in [0.3, 0.4) is 0 Å². The number of amides is 1. The number of fused-ring (bicyclic) bond motifs is 1. The average Bonchev–Trinajstić information content (AvgIpc) is 3.66. The molecular weight excluding hydrogens is 427 g/mol. The average molecular weight is 465 g/mol. The third-order valence-corrected chi connectivity index (χ3v) is 8.00. The molecule has 0 radical (unpaired) electrons. The number of hydrogen-bond donors (Lipinski definition) is 0. The molecule has 0 N–H and O–H groups in total. The fourth-order valence-corrected chi connectivity index (χ4v) is 5.80. The summed E-state index contributed by atoms with van der Waals surface area (Å²) in [5.41, 5.74) is 2.02. The first-order valence-corrected chi connectivity index (χ1v) is 13.1. The molecule has 0 aromatic heterocycles. The maximum Gasteiger partial charge on any atom is 0.253 e. The van der Waals surface area contributed by atoms with Crippen molar-refractivity contribution in [1.82, 2.24) is 9.80 Å². The molecule has 2 aliphatic heterocycles. The van der Waals surface area contributed by atoms with Crippen molar-refractivity contribution in [3.8, 4) is 5.75 Å². The van der Waals surface area contributed by atoms with Gasteiger partial charge in [-0.1, -0.05) is 30.7 Å². The highest BCUT2D eigenvalue weighted by atomic mass is 19.1. The molecule has 0 unspecified atom stereocenters. The quantitative estimate of drug-likeness (QED) is 0.596. The lowest BCUT2D eigenvalue weighted by atomic mass is 9.73. The fraction of sp³-hybridized carbons (Fsp3) is 0.552.